The first-order valence-electron chi connectivity index (χ1n) is 11.0. The van der Waals surface area contributed by atoms with E-state index in [1.165, 1.54) is 17.2 Å². The molecular formula is C28H27N3O2. The van der Waals surface area contributed by atoms with Crippen LogP contribution in [0.3, 0.4) is 0 Å². The SMILES string of the molecule is Cc1nc(Cc2ccccc2)c(-c2cccc(/C=C/C(=O)NO)c2)n1[C@H](C)c1ccccc1. The lowest BCUT2D eigenvalue weighted by atomic mass is 10.0. The zero-order valence-electron chi connectivity index (χ0n) is 18.8. The lowest BCUT2D eigenvalue weighted by Crippen LogP contribution is -2.14. The Morgan fingerprint density at radius 3 is 2.42 bits per heavy atom. The van der Waals surface area contributed by atoms with Gasteiger partial charge >= 0.3 is 0 Å². The van der Waals surface area contributed by atoms with E-state index in [0.717, 1.165) is 34.8 Å². The van der Waals surface area contributed by atoms with Gasteiger partial charge in [-0.3, -0.25) is 10.0 Å². The van der Waals surface area contributed by atoms with Crippen LogP contribution in [0.5, 0.6) is 0 Å². The van der Waals surface area contributed by atoms with Crippen molar-refractivity contribution in [2.24, 2.45) is 0 Å². The highest BCUT2D eigenvalue weighted by Crippen LogP contribution is 2.33. The van der Waals surface area contributed by atoms with Gasteiger partial charge in [0, 0.05) is 18.1 Å². The molecule has 0 aliphatic rings. The molecule has 0 fully saturated rings. The number of rotatable bonds is 7. The molecule has 1 aromatic heterocycles. The Morgan fingerprint density at radius 1 is 1.03 bits per heavy atom. The standard InChI is InChI=1S/C28H27N3O2/c1-20(24-13-7-4-8-14-24)31-21(2)29-26(19-22-10-5-3-6-11-22)28(31)25-15-9-12-23(18-25)16-17-27(32)30-33/h3-18,20,33H,19H2,1-2H3,(H,30,32)/b17-16+/t20-/m1/s1. The van der Waals surface area contributed by atoms with Crippen LogP contribution in [0.15, 0.2) is 91.0 Å². The highest BCUT2D eigenvalue weighted by Gasteiger charge is 2.21. The quantitative estimate of drug-likeness (QED) is 0.225. The van der Waals surface area contributed by atoms with Crippen LogP contribution in [-0.4, -0.2) is 20.7 Å². The van der Waals surface area contributed by atoms with Crippen LogP contribution in [-0.2, 0) is 11.2 Å². The number of hydroxylamine groups is 1. The molecule has 1 heterocycles. The van der Waals surface area contributed by atoms with Gasteiger partial charge in [0.25, 0.3) is 5.91 Å². The molecule has 166 valence electrons. The maximum Gasteiger partial charge on any atom is 0.267 e. The van der Waals surface area contributed by atoms with E-state index in [1.54, 1.807) is 11.6 Å². The van der Waals surface area contributed by atoms with Gasteiger partial charge in [-0.1, -0.05) is 78.9 Å². The summed E-state index contributed by atoms with van der Waals surface area (Å²) in [5.74, 6) is 0.386. The first kappa shape index (κ1) is 22.2. The van der Waals surface area contributed by atoms with Crippen LogP contribution in [0.1, 0.15) is 41.2 Å². The number of amides is 1. The Labute approximate surface area is 194 Å². The van der Waals surface area contributed by atoms with Gasteiger partial charge in [0.15, 0.2) is 0 Å². The molecule has 33 heavy (non-hydrogen) atoms. The summed E-state index contributed by atoms with van der Waals surface area (Å²) < 4.78 is 2.29. The number of nitrogens with one attached hydrogen (secondary N) is 1. The van der Waals surface area contributed by atoms with E-state index in [-0.39, 0.29) is 6.04 Å². The van der Waals surface area contributed by atoms with Crippen molar-refractivity contribution in [1.29, 1.82) is 0 Å². The van der Waals surface area contributed by atoms with Gasteiger partial charge in [-0.15, -0.1) is 0 Å². The maximum atomic E-state index is 11.4. The summed E-state index contributed by atoms with van der Waals surface area (Å²) in [6, 6.07) is 28.9. The van der Waals surface area contributed by atoms with Gasteiger partial charge in [0.05, 0.1) is 17.4 Å². The van der Waals surface area contributed by atoms with Crippen molar-refractivity contribution in [3.63, 3.8) is 0 Å². The minimum absolute atomic E-state index is 0.0950. The lowest BCUT2D eigenvalue weighted by molar-refractivity contribution is -0.124. The molecule has 2 N–H and O–H groups in total. The minimum Gasteiger partial charge on any atom is -0.321 e. The maximum absolute atomic E-state index is 11.4. The number of aryl methyl sites for hydroxylation is 1. The Kier molecular flexibility index (Phi) is 6.81. The van der Waals surface area contributed by atoms with E-state index in [0.29, 0.717) is 0 Å². The summed E-state index contributed by atoms with van der Waals surface area (Å²) in [6.45, 7) is 4.24. The van der Waals surface area contributed by atoms with Crippen LogP contribution >= 0.6 is 0 Å². The number of carbonyl (C=O) groups is 1. The molecule has 0 radical (unpaired) electrons. The van der Waals surface area contributed by atoms with Gasteiger partial charge in [-0.2, -0.15) is 0 Å². The zero-order chi connectivity index (χ0) is 23.2. The molecule has 5 nitrogen and oxygen atoms in total. The summed E-state index contributed by atoms with van der Waals surface area (Å²) in [7, 11) is 0. The van der Waals surface area contributed by atoms with Crippen molar-refractivity contribution in [3.05, 3.63) is 119 Å². The molecule has 1 atom stereocenters. The van der Waals surface area contributed by atoms with E-state index >= 15 is 0 Å². The van der Waals surface area contributed by atoms with Crippen molar-refractivity contribution < 1.29 is 10.0 Å². The smallest absolute Gasteiger partial charge is 0.267 e. The number of hydrogen-bond donors (Lipinski definition) is 2. The monoisotopic (exact) mass is 437 g/mol. The second-order valence-electron chi connectivity index (χ2n) is 8.01. The summed E-state index contributed by atoms with van der Waals surface area (Å²) in [5.41, 5.74) is 7.99. The third kappa shape index (κ3) is 5.10. The third-order valence-electron chi connectivity index (χ3n) is 5.74. The molecule has 0 bridgehead atoms. The highest BCUT2D eigenvalue weighted by molar-refractivity contribution is 5.91. The summed E-state index contributed by atoms with van der Waals surface area (Å²) in [5, 5.41) is 8.77. The van der Waals surface area contributed by atoms with Gasteiger partial charge in [0.1, 0.15) is 5.82 Å². The Bertz CT molecular complexity index is 1260. The molecule has 1 amide bonds. The molecule has 4 rings (SSSR count). The van der Waals surface area contributed by atoms with E-state index in [4.69, 9.17) is 10.2 Å². The molecule has 4 aromatic rings. The van der Waals surface area contributed by atoms with Crippen molar-refractivity contribution >= 4 is 12.0 Å². The molecule has 0 unspecified atom stereocenters. The molecule has 0 aliphatic carbocycles. The van der Waals surface area contributed by atoms with Crippen molar-refractivity contribution in [3.8, 4) is 11.3 Å². The second kappa shape index (κ2) is 10.1. The number of hydrogen-bond acceptors (Lipinski definition) is 3. The number of benzene rings is 3. The first-order valence-corrected chi connectivity index (χ1v) is 11.0. The minimum atomic E-state index is -0.566. The topological polar surface area (TPSA) is 67.2 Å². The fourth-order valence-corrected chi connectivity index (χ4v) is 4.17. The number of imidazole rings is 1. The van der Waals surface area contributed by atoms with E-state index in [9.17, 15) is 4.79 Å². The molecule has 0 saturated carbocycles. The largest absolute Gasteiger partial charge is 0.321 e. The first-order chi connectivity index (χ1) is 16.1. The number of carbonyl (C=O) groups excluding carboxylic acids is 1. The molecule has 0 saturated heterocycles. The van der Waals surface area contributed by atoms with Crippen LogP contribution in [0.25, 0.3) is 17.3 Å². The van der Waals surface area contributed by atoms with Crippen LogP contribution < -0.4 is 5.48 Å². The van der Waals surface area contributed by atoms with Gasteiger partial charge in [-0.05, 0) is 42.7 Å². The third-order valence-corrected chi connectivity index (χ3v) is 5.74. The van der Waals surface area contributed by atoms with E-state index in [2.05, 4.69) is 54.0 Å². The number of nitrogens with zero attached hydrogens (tertiary/aromatic N) is 2. The van der Waals surface area contributed by atoms with Crippen molar-refractivity contribution in [2.45, 2.75) is 26.3 Å². The predicted molar refractivity (Wildman–Crippen MR) is 131 cm³/mol. The summed E-state index contributed by atoms with van der Waals surface area (Å²) >= 11 is 0. The average molecular weight is 438 g/mol. The normalized spacial score (nSPS) is 12.1. The molecular weight excluding hydrogens is 410 g/mol. The molecule has 3 aromatic carbocycles. The fraction of sp³-hybridized carbons (Fsp3) is 0.143. The molecule has 5 heteroatoms. The van der Waals surface area contributed by atoms with Gasteiger partial charge in [-0.25, -0.2) is 10.5 Å². The van der Waals surface area contributed by atoms with Crippen LogP contribution in [0, 0.1) is 6.92 Å². The predicted octanol–water partition coefficient (Wildman–Crippen LogP) is 5.58. The Balaban J connectivity index is 1.84. The summed E-state index contributed by atoms with van der Waals surface area (Å²) in [4.78, 5) is 16.4. The highest BCUT2D eigenvalue weighted by atomic mass is 16.5. The van der Waals surface area contributed by atoms with Crippen molar-refractivity contribution in [1.82, 2.24) is 15.0 Å². The Morgan fingerprint density at radius 2 is 1.73 bits per heavy atom. The zero-order valence-corrected chi connectivity index (χ0v) is 18.8. The average Bonchev–Trinajstić information content (AvgIpc) is 3.18. The number of aromatic nitrogens is 2. The van der Waals surface area contributed by atoms with E-state index < -0.39 is 5.91 Å². The molecule has 0 aliphatic heterocycles. The van der Waals surface area contributed by atoms with Gasteiger partial charge < -0.3 is 4.57 Å². The second-order valence-corrected chi connectivity index (χ2v) is 8.01. The lowest BCUT2D eigenvalue weighted by Gasteiger charge is -2.20. The van der Waals surface area contributed by atoms with Crippen LogP contribution in [0.2, 0.25) is 0 Å². The fourth-order valence-electron chi connectivity index (χ4n) is 4.17. The van der Waals surface area contributed by atoms with Crippen LogP contribution in [0.4, 0.5) is 0 Å². The molecule has 0 spiro atoms. The van der Waals surface area contributed by atoms with Crippen molar-refractivity contribution in [2.75, 3.05) is 0 Å². The van der Waals surface area contributed by atoms with Gasteiger partial charge in [0.2, 0.25) is 0 Å². The van der Waals surface area contributed by atoms with E-state index in [1.807, 2.05) is 49.4 Å². The summed E-state index contributed by atoms with van der Waals surface area (Å²) in [6.07, 6.45) is 3.71. The Hall–Kier alpha value is -3.96.